The van der Waals surface area contributed by atoms with Crippen molar-refractivity contribution in [2.24, 2.45) is 0 Å². The molecule has 1 aliphatic rings. The van der Waals surface area contributed by atoms with Gasteiger partial charge in [-0.15, -0.1) is 0 Å². The van der Waals surface area contributed by atoms with Crippen LogP contribution in [0.3, 0.4) is 0 Å². The average molecular weight is 257 g/mol. The maximum atomic E-state index is 11.4. The van der Waals surface area contributed by atoms with Gasteiger partial charge in [-0.3, -0.25) is 4.68 Å². The molecule has 0 aliphatic heterocycles. The number of hydrogen-bond donors (Lipinski definition) is 1. The second-order valence-electron chi connectivity index (χ2n) is 4.44. The first kappa shape index (κ1) is 12.6. The highest BCUT2D eigenvalue weighted by Gasteiger charge is 2.20. The van der Waals surface area contributed by atoms with E-state index in [0.717, 1.165) is 12.2 Å². The van der Waals surface area contributed by atoms with Crippen LogP contribution in [-0.4, -0.2) is 35.7 Å². The van der Waals surface area contributed by atoms with Crippen molar-refractivity contribution in [2.45, 2.75) is 38.9 Å². The molecule has 0 amide bonds. The molecule has 1 heterocycles. The fourth-order valence-corrected chi connectivity index (χ4v) is 2.36. The molecule has 1 saturated carbocycles. The third-order valence-corrected chi connectivity index (χ3v) is 4.69. The molecule has 1 aromatic heterocycles. The van der Waals surface area contributed by atoms with Crippen LogP contribution < -0.4 is 5.32 Å². The summed E-state index contributed by atoms with van der Waals surface area (Å²) in [6, 6.07) is 2.59. The summed E-state index contributed by atoms with van der Waals surface area (Å²) in [5, 5.41) is 7.56. The van der Waals surface area contributed by atoms with Crippen molar-refractivity contribution >= 4 is 9.84 Å². The van der Waals surface area contributed by atoms with E-state index in [-0.39, 0.29) is 11.5 Å². The SMILES string of the molecule is CCS(=O)(=O)CCn1nccc1CNC1CC1. The van der Waals surface area contributed by atoms with Gasteiger partial charge in [0.2, 0.25) is 0 Å². The Hall–Kier alpha value is -0.880. The summed E-state index contributed by atoms with van der Waals surface area (Å²) in [4.78, 5) is 0. The summed E-state index contributed by atoms with van der Waals surface area (Å²) in [6.07, 6.45) is 4.22. The summed E-state index contributed by atoms with van der Waals surface area (Å²) in [7, 11) is -2.91. The molecular weight excluding hydrogens is 238 g/mol. The first-order chi connectivity index (χ1) is 8.11. The largest absolute Gasteiger partial charge is 0.308 e. The van der Waals surface area contributed by atoms with E-state index in [4.69, 9.17) is 0 Å². The number of aryl methyl sites for hydroxylation is 1. The predicted octanol–water partition coefficient (Wildman–Crippen LogP) is 0.570. The van der Waals surface area contributed by atoms with Crippen molar-refractivity contribution in [1.29, 1.82) is 0 Å². The van der Waals surface area contributed by atoms with Gasteiger partial charge in [-0.05, 0) is 18.9 Å². The lowest BCUT2D eigenvalue weighted by atomic mass is 10.4. The zero-order valence-electron chi connectivity index (χ0n) is 10.1. The average Bonchev–Trinajstić information content (AvgIpc) is 3.03. The second kappa shape index (κ2) is 5.18. The zero-order valence-corrected chi connectivity index (χ0v) is 10.9. The number of nitrogens with zero attached hydrogens (tertiary/aromatic N) is 2. The predicted molar refractivity (Wildman–Crippen MR) is 66.4 cm³/mol. The minimum Gasteiger partial charge on any atom is -0.308 e. The molecule has 96 valence electrons. The van der Waals surface area contributed by atoms with Crippen LogP contribution in [0.4, 0.5) is 0 Å². The van der Waals surface area contributed by atoms with Crippen molar-refractivity contribution < 1.29 is 8.42 Å². The summed E-state index contributed by atoms with van der Waals surface area (Å²) in [5.41, 5.74) is 1.06. The molecule has 1 fully saturated rings. The molecule has 6 heteroatoms. The Morgan fingerprint density at radius 2 is 2.29 bits per heavy atom. The van der Waals surface area contributed by atoms with E-state index in [1.165, 1.54) is 12.8 Å². The number of sulfone groups is 1. The quantitative estimate of drug-likeness (QED) is 0.775. The number of hydrogen-bond acceptors (Lipinski definition) is 4. The molecular formula is C11H19N3O2S. The fraction of sp³-hybridized carbons (Fsp3) is 0.727. The molecule has 0 atom stereocenters. The first-order valence-corrected chi connectivity index (χ1v) is 7.87. The molecule has 0 aromatic carbocycles. The third kappa shape index (κ3) is 3.81. The molecule has 17 heavy (non-hydrogen) atoms. The maximum absolute atomic E-state index is 11.4. The minimum absolute atomic E-state index is 0.168. The van der Waals surface area contributed by atoms with Crippen LogP contribution in [0.1, 0.15) is 25.5 Å². The van der Waals surface area contributed by atoms with E-state index in [2.05, 4.69) is 10.4 Å². The standard InChI is InChI=1S/C11H19N3O2S/c1-2-17(15,16)8-7-14-11(5-6-13-14)9-12-10-3-4-10/h5-6,10,12H,2-4,7-9H2,1H3. The fourth-order valence-electron chi connectivity index (χ4n) is 1.62. The van der Waals surface area contributed by atoms with E-state index in [1.807, 2.05) is 6.07 Å². The monoisotopic (exact) mass is 257 g/mol. The Morgan fingerprint density at radius 1 is 1.53 bits per heavy atom. The van der Waals surface area contributed by atoms with E-state index < -0.39 is 9.84 Å². The molecule has 0 unspecified atom stereocenters. The van der Waals surface area contributed by atoms with Gasteiger partial charge in [0.05, 0.1) is 18.0 Å². The highest BCUT2D eigenvalue weighted by Crippen LogP contribution is 2.19. The van der Waals surface area contributed by atoms with Crippen LogP contribution >= 0.6 is 0 Å². The van der Waals surface area contributed by atoms with Gasteiger partial charge in [0.1, 0.15) is 0 Å². The third-order valence-electron chi connectivity index (χ3n) is 3.01. The van der Waals surface area contributed by atoms with Gasteiger partial charge in [0.25, 0.3) is 0 Å². The molecule has 0 bridgehead atoms. The van der Waals surface area contributed by atoms with Gasteiger partial charge in [-0.25, -0.2) is 8.42 Å². The lowest BCUT2D eigenvalue weighted by Crippen LogP contribution is -2.21. The smallest absolute Gasteiger partial charge is 0.151 e. The second-order valence-corrected chi connectivity index (χ2v) is 6.91. The van der Waals surface area contributed by atoms with Gasteiger partial charge in [-0.2, -0.15) is 5.10 Å². The Balaban J connectivity index is 1.89. The lowest BCUT2D eigenvalue weighted by molar-refractivity contribution is 0.560. The summed E-state index contributed by atoms with van der Waals surface area (Å²) in [5.74, 6) is 0.367. The summed E-state index contributed by atoms with van der Waals surface area (Å²) in [6.45, 7) is 2.90. The van der Waals surface area contributed by atoms with Crippen LogP contribution in [-0.2, 0) is 22.9 Å². The van der Waals surface area contributed by atoms with Gasteiger partial charge in [0.15, 0.2) is 9.84 Å². The molecule has 1 aromatic rings. The highest BCUT2D eigenvalue weighted by molar-refractivity contribution is 7.91. The molecule has 5 nitrogen and oxygen atoms in total. The van der Waals surface area contributed by atoms with E-state index in [1.54, 1.807) is 17.8 Å². The van der Waals surface area contributed by atoms with Crippen LogP contribution in [0.2, 0.25) is 0 Å². The Labute approximate surface area is 102 Å². The van der Waals surface area contributed by atoms with Crippen LogP contribution in [0, 0.1) is 0 Å². The van der Waals surface area contributed by atoms with Gasteiger partial charge in [-0.1, -0.05) is 6.92 Å². The van der Waals surface area contributed by atoms with Crippen molar-refractivity contribution in [1.82, 2.24) is 15.1 Å². The topological polar surface area (TPSA) is 64.0 Å². The Bertz CT molecular complexity index is 463. The van der Waals surface area contributed by atoms with Crippen LogP contribution in [0.25, 0.3) is 0 Å². The molecule has 1 aliphatic carbocycles. The molecule has 1 N–H and O–H groups in total. The van der Waals surface area contributed by atoms with Crippen molar-refractivity contribution in [2.75, 3.05) is 11.5 Å². The van der Waals surface area contributed by atoms with E-state index >= 15 is 0 Å². The maximum Gasteiger partial charge on any atom is 0.151 e. The minimum atomic E-state index is -2.91. The van der Waals surface area contributed by atoms with Gasteiger partial charge >= 0.3 is 0 Å². The lowest BCUT2D eigenvalue weighted by Gasteiger charge is -2.08. The Morgan fingerprint density at radius 3 is 2.94 bits per heavy atom. The number of rotatable bonds is 7. The molecule has 0 spiro atoms. The molecule has 2 rings (SSSR count). The first-order valence-electron chi connectivity index (χ1n) is 6.05. The Kier molecular flexibility index (Phi) is 3.83. The number of aromatic nitrogens is 2. The van der Waals surface area contributed by atoms with E-state index in [9.17, 15) is 8.42 Å². The summed E-state index contributed by atoms with van der Waals surface area (Å²) < 4.78 is 24.6. The van der Waals surface area contributed by atoms with Crippen molar-refractivity contribution in [3.05, 3.63) is 18.0 Å². The van der Waals surface area contributed by atoms with Gasteiger partial charge in [0, 0.05) is 24.5 Å². The van der Waals surface area contributed by atoms with Crippen LogP contribution in [0.15, 0.2) is 12.3 Å². The highest BCUT2D eigenvalue weighted by atomic mass is 32.2. The van der Waals surface area contributed by atoms with Crippen molar-refractivity contribution in [3.8, 4) is 0 Å². The van der Waals surface area contributed by atoms with Crippen LogP contribution in [0.5, 0.6) is 0 Å². The summed E-state index contributed by atoms with van der Waals surface area (Å²) >= 11 is 0. The van der Waals surface area contributed by atoms with Crippen molar-refractivity contribution in [3.63, 3.8) is 0 Å². The number of nitrogens with one attached hydrogen (secondary N) is 1. The van der Waals surface area contributed by atoms with E-state index in [0.29, 0.717) is 12.6 Å². The molecule has 0 radical (unpaired) electrons. The molecule has 0 saturated heterocycles. The van der Waals surface area contributed by atoms with Gasteiger partial charge < -0.3 is 5.32 Å². The zero-order chi connectivity index (χ0) is 12.3. The normalized spacial score (nSPS) is 16.3.